The van der Waals surface area contributed by atoms with Gasteiger partial charge in [0.15, 0.2) is 0 Å². The minimum absolute atomic E-state index is 0.547. The number of aromatic nitrogens is 2. The van der Waals surface area contributed by atoms with Crippen molar-refractivity contribution in [2.24, 2.45) is 0 Å². The number of halogens is 2. The second kappa shape index (κ2) is 6.61. The van der Waals surface area contributed by atoms with Crippen LogP contribution in [0.3, 0.4) is 0 Å². The normalized spacial score (nSPS) is 11.1. The third-order valence-electron chi connectivity index (χ3n) is 3.39. The Morgan fingerprint density at radius 2 is 1.95 bits per heavy atom. The predicted octanol–water partition coefficient (Wildman–Crippen LogP) is 3.95. The van der Waals surface area contributed by atoms with E-state index in [4.69, 9.17) is 23.2 Å². The van der Waals surface area contributed by atoms with Crippen molar-refractivity contribution in [3.63, 3.8) is 0 Å². The molecular formula is C15H19Cl2N3. The first-order valence-corrected chi connectivity index (χ1v) is 7.51. The van der Waals surface area contributed by atoms with E-state index in [0.29, 0.717) is 10.0 Å². The van der Waals surface area contributed by atoms with Crippen molar-refractivity contribution in [2.75, 3.05) is 13.1 Å². The van der Waals surface area contributed by atoms with Crippen LogP contribution in [0, 0.1) is 13.8 Å². The highest BCUT2D eigenvalue weighted by atomic mass is 35.5. The molecule has 2 rings (SSSR count). The Morgan fingerprint density at radius 3 is 2.60 bits per heavy atom. The Morgan fingerprint density at radius 1 is 1.20 bits per heavy atom. The molecule has 0 radical (unpaired) electrons. The molecule has 0 aliphatic rings. The number of aryl methyl sites for hydroxylation is 1. The van der Waals surface area contributed by atoms with Gasteiger partial charge in [-0.05, 0) is 57.1 Å². The molecule has 1 aromatic carbocycles. The molecule has 0 fully saturated rings. The Hall–Kier alpha value is -1.03. The molecule has 0 unspecified atom stereocenters. The third-order valence-corrected chi connectivity index (χ3v) is 4.13. The minimum atomic E-state index is 0.547. The van der Waals surface area contributed by atoms with Gasteiger partial charge in [-0.2, -0.15) is 5.10 Å². The van der Waals surface area contributed by atoms with Gasteiger partial charge in [0.2, 0.25) is 0 Å². The van der Waals surface area contributed by atoms with Gasteiger partial charge in [0.1, 0.15) is 0 Å². The van der Waals surface area contributed by atoms with Crippen molar-refractivity contribution in [2.45, 2.75) is 27.2 Å². The summed E-state index contributed by atoms with van der Waals surface area (Å²) in [4.78, 5) is 0. The van der Waals surface area contributed by atoms with Crippen molar-refractivity contribution in [1.29, 1.82) is 0 Å². The van der Waals surface area contributed by atoms with Crippen molar-refractivity contribution >= 4 is 23.2 Å². The maximum absolute atomic E-state index is 6.08. The van der Waals surface area contributed by atoms with Crippen LogP contribution in [0.25, 0.3) is 5.69 Å². The molecule has 0 saturated heterocycles. The van der Waals surface area contributed by atoms with Gasteiger partial charge in [-0.1, -0.05) is 30.1 Å². The van der Waals surface area contributed by atoms with E-state index in [1.807, 2.05) is 23.7 Å². The predicted molar refractivity (Wildman–Crippen MR) is 85.3 cm³/mol. The topological polar surface area (TPSA) is 29.9 Å². The summed E-state index contributed by atoms with van der Waals surface area (Å²) in [5, 5.41) is 9.06. The van der Waals surface area contributed by atoms with Crippen LogP contribution in [0.2, 0.25) is 10.0 Å². The molecule has 5 heteroatoms. The fourth-order valence-corrected chi connectivity index (χ4v) is 2.59. The quantitative estimate of drug-likeness (QED) is 0.847. The Balaban J connectivity index is 2.33. The number of nitrogens with one attached hydrogen (secondary N) is 1. The lowest BCUT2D eigenvalue weighted by Crippen LogP contribution is -2.16. The molecule has 0 spiro atoms. The van der Waals surface area contributed by atoms with Crippen molar-refractivity contribution in [3.05, 3.63) is 45.2 Å². The lowest BCUT2D eigenvalue weighted by atomic mass is 10.1. The summed E-state index contributed by atoms with van der Waals surface area (Å²) >= 11 is 12.0. The van der Waals surface area contributed by atoms with Gasteiger partial charge in [0.05, 0.1) is 21.4 Å². The number of nitrogens with zero attached hydrogens (tertiary/aromatic N) is 2. The smallest absolute Gasteiger partial charge is 0.0664 e. The molecule has 0 bridgehead atoms. The molecular weight excluding hydrogens is 293 g/mol. The fourth-order valence-electron chi connectivity index (χ4n) is 2.30. The monoisotopic (exact) mass is 311 g/mol. The van der Waals surface area contributed by atoms with E-state index >= 15 is 0 Å². The molecule has 0 amide bonds. The first kappa shape index (κ1) is 15.4. The van der Waals surface area contributed by atoms with Crippen LogP contribution in [-0.2, 0) is 6.42 Å². The van der Waals surface area contributed by atoms with Crippen LogP contribution in [0.15, 0.2) is 18.2 Å². The van der Waals surface area contributed by atoms with Gasteiger partial charge in [-0.3, -0.25) is 0 Å². The fraction of sp³-hybridized carbons (Fsp3) is 0.400. The van der Waals surface area contributed by atoms with Crippen LogP contribution >= 0.6 is 23.2 Å². The highest BCUT2D eigenvalue weighted by molar-refractivity contribution is 6.42. The number of likely N-dealkylation sites (N-methyl/N-ethyl adjacent to an activating group) is 1. The SMILES string of the molecule is CCNCCc1c(C)nn(-c2ccc(Cl)c(Cl)c2)c1C. The molecule has 108 valence electrons. The summed E-state index contributed by atoms with van der Waals surface area (Å²) in [6, 6.07) is 5.58. The van der Waals surface area contributed by atoms with Crippen LogP contribution in [-0.4, -0.2) is 22.9 Å². The third kappa shape index (κ3) is 3.17. The van der Waals surface area contributed by atoms with Crippen LogP contribution < -0.4 is 5.32 Å². The minimum Gasteiger partial charge on any atom is -0.317 e. The van der Waals surface area contributed by atoms with E-state index < -0.39 is 0 Å². The van der Waals surface area contributed by atoms with Crippen LogP contribution in [0.1, 0.15) is 23.9 Å². The standard InChI is InChI=1S/C15H19Cl2N3/c1-4-18-8-7-13-10(2)19-20(11(13)3)12-5-6-14(16)15(17)9-12/h5-6,9,18H,4,7-8H2,1-3H3. The van der Waals surface area contributed by atoms with E-state index in [1.165, 1.54) is 5.56 Å². The Bertz CT molecular complexity index is 605. The average molecular weight is 312 g/mol. The largest absolute Gasteiger partial charge is 0.317 e. The number of hydrogen-bond donors (Lipinski definition) is 1. The van der Waals surface area contributed by atoms with Crippen LogP contribution in [0.5, 0.6) is 0 Å². The lowest BCUT2D eigenvalue weighted by molar-refractivity contribution is 0.713. The molecule has 0 aliphatic carbocycles. The summed E-state index contributed by atoms with van der Waals surface area (Å²) in [6.45, 7) is 8.19. The average Bonchev–Trinajstić information content (AvgIpc) is 2.70. The van der Waals surface area contributed by atoms with Crippen molar-refractivity contribution in [1.82, 2.24) is 15.1 Å². The molecule has 1 aromatic heterocycles. The molecule has 0 saturated carbocycles. The Labute approximate surface area is 129 Å². The molecule has 0 aliphatic heterocycles. The molecule has 3 nitrogen and oxygen atoms in total. The van der Waals surface area contributed by atoms with E-state index in [0.717, 1.165) is 36.6 Å². The number of hydrogen-bond acceptors (Lipinski definition) is 2. The molecule has 2 aromatic rings. The number of rotatable bonds is 5. The second-order valence-corrected chi connectivity index (χ2v) is 5.58. The molecule has 1 N–H and O–H groups in total. The van der Waals surface area contributed by atoms with Crippen LogP contribution in [0.4, 0.5) is 0 Å². The van der Waals surface area contributed by atoms with Gasteiger partial charge in [0, 0.05) is 5.69 Å². The lowest BCUT2D eigenvalue weighted by Gasteiger charge is -2.07. The van der Waals surface area contributed by atoms with E-state index in [9.17, 15) is 0 Å². The van der Waals surface area contributed by atoms with Crippen molar-refractivity contribution in [3.8, 4) is 5.69 Å². The van der Waals surface area contributed by atoms with Crippen molar-refractivity contribution < 1.29 is 0 Å². The zero-order chi connectivity index (χ0) is 14.7. The zero-order valence-electron chi connectivity index (χ0n) is 12.0. The first-order chi connectivity index (χ1) is 9.54. The van der Waals surface area contributed by atoms with E-state index in [2.05, 4.69) is 24.3 Å². The van der Waals surface area contributed by atoms with Gasteiger partial charge in [0.25, 0.3) is 0 Å². The summed E-state index contributed by atoms with van der Waals surface area (Å²) in [6.07, 6.45) is 0.979. The summed E-state index contributed by atoms with van der Waals surface area (Å²) < 4.78 is 1.93. The summed E-state index contributed by atoms with van der Waals surface area (Å²) in [5.41, 5.74) is 4.44. The highest BCUT2D eigenvalue weighted by Crippen LogP contribution is 2.26. The molecule has 1 heterocycles. The zero-order valence-corrected chi connectivity index (χ0v) is 13.5. The highest BCUT2D eigenvalue weighted by Gasteiger charge is 2.13. The maximum atomic E-state index is 6.08. The Kier molecular flexibility index (Phi) is 5.08. The first-order valence-electron chi connectivity index (χ1n) is 6.75. The molecule has 20 heavy (non-hydrogen) atoms. The van der Waals surface area contributed by atoms with Gasteiger partial charge in [-0.15, -0.1) is 0 Å². The maximum Gasteiger partial charge on any atom is 0.0664 e. The molecule has 0 atom stereocenters. The van der Waals surface area contributed by atoms with Gasteiger partial charge < -0.3 is 5.32 Å². The van der Waals surface area contributed by atoms with Gasteiger partial charge in [-0.25, -0.2) is 4.68 Å². The second-order valence-electron chi connectivity index (χ2n) is 4.76. The van der Waals surface area contributed by atoms with E-state index in [1.54, 1.807) is 6.07 Å². The van der Waals surface area contributed by atoms with Gasteiger partial charge >= 0.3 is 0 Å². The summed E-state index contributed by atoms with van der Waals surface area (Å²) in [7, 11) is 0. The number of benzene rings is 1. The summed E-state index contributed by atoms with van der Waals surface area (Å²) in [5.74, 6) is 0. The van der Waals surface area contributed by atoms with E-state index in [-0.39, 0.29) is 0 Å².